The van der Waals surface area contributed by atoms with E-state index < -0.39 is 0 Å². The maximum atomic E-state index is 11.6. The summed E-state index contributed by atoms with van der Waals surface area (Å²) in [5, 5.41) is 2.91. The van der Waals surface area contributed by atoms with Crippen LogP contribution in [-0.2, 0) is 7.05 Å². The predicted molar refractivity (Wildman–Crippen MR) is 100 cm³/mol. The maximum absolute atomic E-state index is 11.6. The fourth-order valence-electron chi connectivity index (χ4n) is 2.80. The van der Waals surface area contributed by atoms with Crippen LogP contribution >= 0.6 is 11.3 Å². The Kier molecular flexibility index (Phi) is 3.43. The molecular formula is C19H15N3OS. The lowest BCUT2D eigenvalue weighted by Crippen LogP contribution is -2.14. The Labute approximate surface area is 142 Å². The number of aromatic nitrogens is 2. The van der Waals surface area contributed by atoms with Crippen LogP contribution in [0.5, 0.6) is 0 Å². The molecule has 0 radical (unpaired) electrons. The number of nitrogen functional groups attached to an aromatic ring is 1. The Bertz CT molecular complexity index is 1100. The zero-order valence-corrected chi connectivity index (χ0v) is 13.9. The monoisotopic (exact) mass is 333 g/mol. The number of aryl methyl sites for hydroxylation is 1. The van der Waals surface area contributed by atoms with Gasteiger partial charge in [0, 0.05) is 35.6 Å². The van der Waals surface area contributed by atoms with Gasteiger partial charge in [-0.25, -0.2) is 4.98 Å². The molecule has 0 saturated heterocycles. The van der Waals surface area contributed by atoms with Gasteiger partial charge in [0.15, 0.2) is 0 Å². The number of fused-ring (bicyclic) bond motifs is 1. The number of benzene rings is 1. The van der Waals surface area contributed by atoms with Crippen LogP contribution in [0, 0.1) is 0 Å². The average Bonchev–Trinajstić information content (AvgIpc) is 2.98. The molecule has 0 bridgehead atoms. The van der Waals surface area contributed by atoms with Crippen molar-refractivity contribution in [2.45, 2.75) is 0 Å². The molecule has 4 rings (SSSR count). The third-order valence-corrected chi connectivity index (χ3v) is 4.93. The van der Waals surface area contributed by atoms with Gasteiger partial charge in [0.05, 0.1) is 11.4 Å². The van der Waals surface area contributed by atoms with Crippen molar-refractivity contribution in [3.63, 3.8) is 0 Å². The minimum atomic E-state index is -0.0384. The van der Waals surface area contributed by atoms with Crippen molar-refractivity contribution in [3.8, 4) is 22.4 Å². The van der Waals surface area contributed by atoms with Crippen molar-refractivity contribution in [3.05, 3.63) is 70.5 Å². The highest BCUT2D eigenvalue weighted by Crippen LogP contribution is 2.38. The van der Waals surface area contributed by atoms with Crippen LogP contribution in [0.25, 0.3) is 32.6 Å². The Balaban J connectivity index is 2.02. The largest absolute Gasteiger partial charge is 0.397 e. The molecule has 0 atom stereocenters. The van der Waals surface area contributed by atoms with Gasteiger partial charge in [-0.15, -0.1) is 11.3 Å². The lowest BCUT2D eigenvalue weighted by molar-refractivity contribution is 0.861. The fourth-order valence-corrected chi connectivity index (χ4v) is 3.66. The number of nitrogens with two attached hydrogens (primary N) is 1. The predicted octanol–water partition coefficient (Wildman–Crippen LogP) is 3.91. The lowest BCUT2D eigenvalue weighted by Gasteiger charge is -2.09. The van der Waals surface area contributed by atoms with E-state index in [1.807, 2.05) is 41.9 Å². The summed E-state index contributed by atoms with van der Waals surface area (Å²) in [5.41, 5.74) is 10.8. The first-order chi connectivity index (χ1) is 11.6. The van der Waals surface area contributed by atoms with E-state index in [9.17, 15) is 4.79 Å². The van der Waals surface area contributed by atoms with Gasteiger partial charge in [0.1, 0.15) is 4.83 Å². The van der Waals surface area contributed by atoms with E-state index in [0.717, 1.165) is 38.3 Å². The molecule has 3 aromatic heterocycles. The Hall–Kier alpha value is -2.92. The normalized spacial score (nSPS) is 11.0. The first-order valence-electron chi connectivity index (χ1n) is 7.53. The minimum Gasteiger partial charge on any atom is -0.397 e. The number of anilines is 1. The molecule has 0 unspecified atom stereocenters. The van der Waals surface area contributed by atoms with E-state index in [1.165, 1.54) is 11.3 Å². The molecule has 0 saturated carbocycles. The highest BCUT2D eigenvalue weighted by Gasteiger charge is 2.13. The molecule has 0 aliphatic rings. The number of hydrogen-bond donors (Lipinski definition) is 1. The Morgan fingerprint density at radius 1 is 1.08 bits per heavy atom. The fraction of sp³-hybridized carbons (Fsp3) is 0.0526. The maximum Gasteiger partial charge on any atom is 0.250 e. The molecular weight excluding hydrogens is 318 g/mol. The highest BCUT2D eigenvalue weighted by atomic mass is 32.1. The van der Waals surface area contributed by atoms with Crippen molar-refractivity contribution in [2.24, 2.45) is 7.05 Å². The molecule has 0 fully saturated rings. The number of pyridine rings is 2. The molecule has 118 valence electrons. The highest BCUT2D eigenvalue weighted by molar-refractivity contribution is 7.17. The molecule has 3 heterocycles. The second kappa shape index (κ2) is 5.62. The van der Waals surface area contributed by atoms with E-state index in [1.54, 1.807) is 17.7 Å². The zero-order chi connectivity index (χ0) is 16.7. The van der Waals surface area contributed by atoms with Crippen LogP contribution in [-0.4, -0.2) is 9.55 Å². The number of rotatable bonds is 2. The van der Waals surface area contributed by atoms with Crippen LogP contribution < -0.4 is 11.3 Å². The SMILES string of the molecule is Cn1cc(-c2cc(-c3ccccc3)c3c(N)csc3n2)ccc1=O. The van der Waals surface area contributed by atoms with Gasteiger partial charge in [0.25, 0.3) is 0 Å². The molecule has 1 aromatic carbocycles. The molecule has 4 nitrogen and oxygen atoms in total. The van der Waals surface area contributed by atoms with Crippen molar-refractivity contribution in [2.75, 3.05) is 5.73 Å². The molecule has 4 aromatic rings. The summed E-state index contributed by atoms with van der Waals surface area (Å²) in [7, 11) is 1.74. The van der Waals surface area contributed by atoms with Crippen molar-refractivity contribution >= 4 is 27.2 Å². The average molecular weight is 333 g/mol. The lowest BCUT2D eigenvalue weighted by atomic mass is 10.0. The number of nitrogens with zero attached hydrogens (tertiary/aromatic N) is 2. The van der Waals surface area contributed by atoms with E-state index in [4.69, 9.17) is 10.7 Å². The second-order valence-corrected chi connectivity index (χ2v) is 6.52. The number of thiophene rings is 1. The molecule has 2 N–H and O–H groups in total. The van der Waals surface area contributed by atoms with E-state index in [-0.39, 0.29) is 5.56 Å². The van der Waals surface area contributed by atoms with Crippen molar-refractivity contribution < 1.29 is 0 Å². The summed E-state index contributed by atoms with van der Waals surface area (Å²) in [6.07, 6.45) is 1.81. The molecule has 0 amide bonds. The Morgan fingerprint density at radius 3 is 2.62 bits per heavy atom. The van der Waals surface area contributed by atoms with Crippen LogP contribution in [0.1, 0.15) is 0 Å². The summed E-state index contributed by atoms with van der Waals surface area (Å²) in [4.78, 5) is 17.3. The van der Waals surface area contributed by atoms with Crippen molar-refractivity contribution in [1.82, 2.24) is 9.55 Å². The third-order valence-electron chi connectivity index (χ3n) is 4.04. The summed E-state index contributed by atoms with van der Waals surface area (Å²) >= 11 is 1.53. The zero-order valence-electron chi connectivity index (χ0n) is 13.1. The number of hydrogen-bond acceptors (Lipinski definition) is 4. The summed E-state index contributed by atoms with van der Waals surface area (Å²) < 4.78 is 1.56. The molecule has 0 aliphatic carbocycles. The van der Waals surface area contributed by atoms with Crippen LogP contribution in [0.3, 0.4) is 0 Å². The Morgan fingerprint density at radius 2 is 1.88 bits per heavy atom. The molecule has 0 spiro atoms. The second-order valence-electron chi connectivity index (χ2n) is 5.66. The van der Waals surface area contributed by atoms with Crippen LogP contribution in [0.2, 0.25) is 0 Å². The van der Waals surface area contributed by atoms with Gasteiger partial charge < -0.3 is 10.3 Å². The van der Waals surface area contributed by atoms with E-state index in [0.29, 0.717) is 0 Å². The van der Waals surface area contributed by atoms with Gasteiger partial charge in [-0.2, -0.15) is 0 Å². The van der Waals surface area contributed by atoms with E-state index in [2.05, 4.69) is 12.1 Å². The smallest absolute Gasteiger partial charge is 0.250 e. The summed E-state index contributed by atoms with van der Waals surface area (Å²) in [6, 6.07) is 15.6. The van der Waals surface area contributed by atoms with E-state index >= 15 is 0 Å². The quantitative estimate of drug-likeness (QED) is 0.605. The summed E-state index contributed by atoms with van der Waals surface area (Å²) in [6.45, 7) is 0. The molecule has 0 aliphatic heterocycles. The van der Waals surface area contributed by atoms with Crippen molar-refractivity contribution in [1.29, 1.82) is 0 Å². The molecule has 5 heteroatoms. The third kappa shape index (κ3) is 2.39. The minimum absolute atomic E-state index is 0.0384. The molecule has 24 heavy (non-hydrogen) atoms. The standard InChI is InChI=1S/C19H15N3OS/c1-22-10-13(7-8-17(22)23)16-9-14(12-5-3-2-4-6-12)18-15(20)11-24-19(18)21-16/h2-11H,20H2,1H3. The van der Waals surface area contributed by atoms with Crippen LogP contribution in [0.15, 0.2) is 64.9 Å². The van der Waals surface area contributed by atoms with Gasteiger partial charge in [0.2, 0.25) is 5.56 Å². The van der Waals surface area contributed by atoms with Gasteiger partial charge >= 0.3 is 0 Å². The van der Waals surface area contributed by atoms with Gasteiger partial charge in [-0.1, -0.05) is 30.3 Å². The van der Waals surface area contributed by atoms with Gasteiger partial charge in [-0.05, 0) is 23.3 Å². The first-order valence-corrected chi connectivity index (χ1v) is 8.41. The first kappa shape index (κ1) is 14.7. The summed E-state index contributed by atoms with van der Waals surface area (Å²) in [5.74, 6) is 0. The topological polar surface area (TPSA) is 60.9 Å². The van der Waals surface area contributed by atoms with Gasteiger partial charge in [-0.3, -0.25) is 4.79 Å². The van der Waals surface area contributed by atoms with Crippen LogP contribution in [0.4, 0.5) is 5.69 Å².